The summed E-state index contributed by atoms with van der Waals surface area (Å²) < 4.78 is 6.51. The first-order valence-corrected chi connectivity index (χ1v) is 12.5. The highest BCUT2D eigenvalue weighted by atomic mass is 35.5. The van der Waals surface area contributed by atoms with Crippen LogP contribution in [0.25, 0.3) is 16.9 Å². The first-order valence-electron chi connectivity index (χ1n) is 10.5. The van der Waals surface area contributed by atoms with E-state index in [-0.39, 0.29) is 5.69 Å². The Morgan fingerprint density at radius 3 is 2.43 bits per heavy atom. The second-order valence-corrected chi connectivity index (χ2v) is 9.98. The van der Waals surface area contributed by atoms with Crippen LogP contribution in [0.5, 0.6) is 0 Å². The van der Waals surface area contributed by atoms with Crippen molar-refractivity contribution in [2.75, 3.05) is 7.11 Å². The maximum Gasteiger partial charge on any atom is 0.328 e. The second kappa shape index (κ2) is 10.8. The monoisotopic (exact) mass is 547 g/mol. The van der Waals surface area contributed by atoms with Crippen LogP contribution in [-0.4, -0.2) is 34.8 Å². The summed E-state index contributed by atoms with van der Waals surface area (Å²) in [5.74, 6) is -1.05. The fourth-order valence-electron chi connectivity index (χ4n) is 3.68. The zero-order chi connectivity index (χ0) is 25.1. The second-order valence-electron chi connectivity index (χ2n) is 7.67. The van der Waals surface area contributed by atoms with Crippen LogP contribution in [0, 0.1) is 6.92 Å². The van der Waals surface area contributed by atoms with Crippen molar-refractivity contribution in [3.8, 4) is 16.9 Å². The summed E-state index contributed by atoms with van der Waals surface area (Å²) >= 11 is 20.2. The van der Waals surface area contributed by atoms with Gasteiger partial charge in [0.25, 0.3) is 5.91 Å². The Morgan fingerprint density at radius 2 is 1.80 bits per heavy atom. The number of rotatable bonds is 7. The standard InChI is InChI=1S/C25H20Cl3N3O3S/c1-14-22(24(32)29-20(25(33)34-2)13-18-4-3-11-35-18)30-31(21-10-9-17(27)12-19(21)28)23(14)15-5-7-16(26)8-6-15/h3-12,20H,13H2,1-2H3,(H,29,32)/t20-/m0/s1. The first-order chi connectivity index (χ1) is 16.8. The van der Waals surface area contributed by atoms with Crippen LogP contribution < -0.4 is 5.32 Å². The maximum absolute atomic E-state index is 13.4. The summed E-state index contributed by atoms with van der Waals surface area (Å²) in [6.07, 6.45) is 0.308. The Kier molecular flexibility index (Phi) is 7.82. The molecule has 0 aliphatic carbocycles. The maximum atomic E-state index is 13.4. The van der Waals surface area contributed by atoms with Crippen LogP contribution in [0.15, 0.2) is 60.0 Å². The van der Waals surface area contributed by atoms with Crippen molar-refractivity contribution in [3.05, 3.63) is 91.2 Å². The largest absolute Gasteiger partial charge is 0.467 e. The van der Waals surface area contributed by atoms with E-state index < -0.39 is 17.9 Å². The van der Waals surface area contributed by atoms with Gasteiger partial charge in [-0.2, -0.15) is 5.10 Å². The smallest absolute Gasteiger partial charge is 0.328 e. The molecule has 180 valence electrons. The molecule has 0 radical (unpaired) electrons. The molecule has 4 aromatic rings. The third-order valence-corrected chi connectivity index (χ3v) is 7.06. The van der Waals surface area contributed by atoms with Crippen LogP contribution in [0.3, 0.4) is 0 Å². The number of benzene rings is 2. The third kappa shape index (κ3) is 5.54. The lowest BCUT2D eigenvalue weighted by atomic mass is 10.1. The Hall–Kier alpha value is -2.84. The summed E-state index contributed by atoms with van der Waals surface area (Å²) in [7, 11) is 1.29. The van der Waals surface area contributed by atoms with Gasteiger partial charge in [-0.1, -0.05) is 53.0 Å². The van der Waals surface area contributed by atoms with E-state index in [1.807, 2.05) is 29.6 Å². The van der Waals surface area contributed by atoms with Gasteiger partial charge in [0.05, 0.1) is 23.5 Å². The van der Waals surface area contributed by atoms with Gasteiger partial charge in [-0.05, 0) is 48.7 Å². The van der Waals surface area contributed by atoms with E-state index in [0.29, 0.717) is 38.4 Å². The van der Waals surface area contributed by atoms with E-state index in [1.165, 1.54) is 18.4 Å². The number of thiophene rings is 1. The number of esters is 1. The van der Waals surface area contributed by atoms with E-state index in [4.69, 9.17) is 39.5 Å². The lowest BCUT2D eigenvalue weighted by Gasteiger charge is -2.15. The molecule has 1 atom stereocenters. The van der Waals surface area contributed by atoms with Crippen molar-refractivity contribution in [1.82, 2.24) is 15.1 Å². The molecule has 10 heteroatoms. The predicted molar refractivity (Wildman–Crippen MR) is 140 cm³/mol. The highest BCUT2D eigenvalue weighted by Gasteiger charge is 2.28. The van der Waals surface area contributed by atoms with E-state index in [9.17, 15) is 9.59 Å². The lowest BCUT2D eigenvalue weighted by molar-refractivity contribution is -0.142. The normalized spacial score (nSPS) is 11.8. The molecule has 0 saturated heterocycles. The Labute approximate surface area is 221 Å². The zero-order valence-electron chi connectivity index (χ0n) is 18.7. The molecule has 2 aromatic heterocycles. The molecule has 4 rings (SSSR count). The molecule has 0 unspecified atom stereocenters. The molecule has 2 heterocycles. The van der Waals surface area contributed by atoms with E-state index in [2.05, 4.69) is 10.4 Å². The molecule has 0 spiro atoms. The predicted octanol–water partition coefficient (Wildman–Crippen LogP) is 6.38. The number of hydrogen-bond acceptors (Lipinski definition) is 5. The molecule has 0 bridgehead atoms. The number of carbonyl (C=O) groups is 2. The molecular weight excluding hydrogens is 529 g/mol. The summed E-state index contributed by atoms with van der Waals surface area (Å²) in [5.41, 5.74) is 2.75. The molecule has 0 aliphatic heterocycles. The van der Waals surface area contributed by atoms with Crippen molar-refractivity contribution in [2.24, 2.45) is 0 Å². The van der Waals surface area contributed by atoms with Crippen molar-refractivity contribution >= 4 is 58.0 Å². The molecular formula is C25H20Cl3N3O3S. The number of hydrogen-bond donors (Lipinski definition) is 1. The quantitative estimate of drug-likeness (QED) is 0.272. The average molecular weight is 549 g/mol. The van der Waals surface area contributed by atoms with Gasteiger partial charge in [-0.15, -0.1) is 11.3 Å². The van der Waals surface area contributed by atoms with Crippen LogP contribution in [0.1, 0.15) is 20.9 Å². The average Bonchev–Trinajstić information content (AvgIpc) is 3.46. The van der Waals surface area contributed by atoms with Gasteiger partial charge in [0, 0.05) is 32.5 Å². The first kappa shape index (κ1) is 25.3. The molecule has 35 heavy (non-hydrogen) atoms. The summed E-state index contributed by atoms with van der Waals surface area (Å²) in [6.45, 7) is 1.79. The third-order valence-electron chi connectivity index (χ3n) is 5.37. The highest BCUT2D eigenvalue weighted by Crippen LogP contribution is 2.33. The number of ether oxygens (including phenoxy) is 1. The van der Waals surface area contributed by atoms with Crippen molar-refractivity contribution < 1.29 is 14.3 Å². The van der Waals surface area contributed by atoms with E-state index >= 15 is 0 Å². The van der Waals surface area contributed by atoms with Crippen LogP contribution in [0.2, 0.25) is 15.1 Å². The fourth-order valence-corrected chi connectivity index (χ4v) is 5.04. The number of nitrogens with one attached hydrogen (secondary N) is 1. The highest BCUT2D eigenvalue weighted by molar-refractivity contribution is 7.09. The van der Waals surface area contributed by atoms with Crippen molar-refractivity contribution in [1.29, 1.82) is 0 Å². The molecule has 0 aliphatic rings. The van der Waals surface area contributed by atoms with Gasteiger partial charge < -0.3 is 10.1 Å². The molecule has 1 N–H and O–H groups in total. The summed E-state index contributed by atoms with van der Waals surface area (Å²) in [5, 5.41) is 10.7. The minimum absolute atomic E-state index is 0.154. The number of methoxy groups -OCH3 is 1. The van der Waals surface area contributed by atoms with Gasteiger partial charge >= 0.3 is 5.97 Å². The Bertz CT molecular complexity index is 1370. The number of carbonyl (C=O) groups excluding carboxylic acids is 2. The SMILES string of the molecule is COC(=O)[C@H](Cc1cccs1)NC(=O)c1nn(-c2ccc(Cl)cc2Cl)c(-c2ccc(Cl)cc2)c1C. The van der Waals surface area contributed by atoms with Crippen molar-refractivity contribution in [2.45, 2.75) is 19.4 Å². The topological polar surface area (TPSA) is 73.2 Å². The fraction of sp³-hybridized carbons (Fsp3) is 0.160. The number of aromatic nitrogens is 2. The van der Waals surface area contributed by atoms with Gasteiger partial charge in [0.15, 0.2) is 5.69 Å². The number of halogens is 3. The molecule has 2 aromatic carbocycles. The Morgan fingerprint density at radius 1 is 1.09 bits per heavy atom. The number of amides is 1. The lowest BCUT2D eigenvalue weighted by Crippen LogP contribution is -2.43. The number of nitrogens with zero attached hydrogens (tertiary/aromatic N) is 2. The minimum Gasteiger partial charge on any atom is -0.467 e. The van der Waals surface area contributed by atoms with Gasteiger partial charge in [0.2, 0.25) is 0 Å². The van der Waals surface area contributed by atoms with E-state index in [1.54, 1.807) is 41.9 Å². The van der Waals surface area contributed by atoms with Crippen LogP contribution >= 0.6 is 46.1 Å². The molecule has 6 nitrogen and oxygen atoms in total. The van der Waals surface area contributed by atoms with Crippen molar-refractivity contribution in [3.63, 3.8) is 0 Å². The zero-order valence-corrected chi connectivity index (χ0v) is 21.8. The molecule has 1 amide bonds. The van der Waals surface area contributed by atoms with E-state index in [0.717, 1.165) is 10.4 Å². The molecule has 0 fully saturated rings. The summed E-state index contributed by atoms with van der Waals surface area (Å²) in [4.78, 5) is 26.7. The van der Waals surface area contributed by atoms with Gasteiger partial charge in [-0.3, -0.25) is 4.79 Å². The van der Waals surface area contributed by atoms with Gasteiger partial charge in [-0.25, -0.2) is 9.48 Å². The van der Waals surface area contributed by atoms with Crippen LogP contribution in [-0.2, 0) is 16.0 Å². The Balaban J connectivity index is 1.77. The van der Waals surface area contributed by atoms with Crippen LogP contribution in [0.4, 0.5) is 0 Å². The van der Waals surface area contributed by atoms with Gasteiger partial charge in [0.1, 0.15) is 6.04 Å². The molecule has 0 saturated carbocycles. The minimum atomic E-state index is -0.867. The summed E-state index contributed by atoms with van der Waals surface area (Å²) in [6, 6.07) is 15.1.